The highest BCUT2D eigenvalue weighted by atomic mass is 35.5. The molecule has 0 aromatic heterocycles. The molecule has 2 saturated carbocycles. The Kier molecular flexibility index (Phi) is 8.01. The summed E-state index contributed by atoms with van der Waals surface area (Å²) in [7, 11) is 1.52. The third-order valence-electron chi connectivity index (χ3n) is 8.80. The first-order valence-corrected chi connectivity index (χ1v) is 13.2. The van der Waals surface area contributed by atoms with Crippen LogP contribution in [0.4, 0.5) is 4.39 Å². The van der Waals surface area contributed by atoms with Gasteiger partial charge >= 0.3 is 0 Å². The van der Waals surface area contributed by atoms with Crippen molar-refractivity contribution >= 4 is 17.2 Å². The lowest BCUT2D eigenvalue weighted by Gasteiger charge is -2.40. The zero-order valence-corrected chi connectivity index (χ0v) is 20.2. The Morgan fingerprint density at radius 2 is 1.52 bits per heavy atom. The van der Waals surface area contributed by atoms with E-state index < -0.39 is 0 Å². The summed E-state index contributed by atoms with van der Waals surface area (Å²) in [4.78, 5) is 0. The maximum atomic E-state index is 14.7. The summed E-state index contributed by atoms with van der Waals surface area (Å²) in [5.74, 6) is 4.74. The van der Waals surface area contributed by atoms with Gasteiger partial charge in [0.1, 0.15) is 10.8 Å². The lowest BCUT2D eigenvalue weighted by Crippen LogP contribution is -2.28. The molecule has 3 heteroatoms. The van der Waals surface area contributed by atoms with Gasteiger partial charge in [0, 0.05) is 5.56 Å². The van der Waals surface area contributed by atoms with Crippen molar-refractivity contribution < 1.29 is 9.13 Å². The summed E-state index contributed by atoms with van der Waals surface area (Å²) in [5.41, 5.74) is 1.78. The minimum absolute atomic E-state index is 0.102. The van der Waals surface area contributed by atoms with Gasteiger partial charge < -0.3 is 4.74 Å². The first-order chi connectivity index (χ1) is 15.1. The Labute approximate surface area is 193 Å². The molecule has 1 nitrogen and oxygen atoms in total. The Balaban J connectivity index is 1.28. The average Bonchev–Trinajstić information content (AvgIpc) is 2.82. The van der Waals surface area contributed by atoms with Gasteiger partial charge in [-0.1, -0.05) is 50.3 Å². The molecule has 3 aliphatic rings. The van der Waals surface area contributed by atoms with Gasteiger partial charge in [0.2, 0.25) is 0 Å². The molecule has 4 rings (SSSR count). The predicted octanol–water partition coefficient (Wildman–Crippen LogP) is 9.08. The van der Waals surface area contributed by atoms with E-state index in [9.17, 15) is 4.39 Å². The lowest BCUT2D eigenvalue weighted by molar-refractivity contribution is 0.121. The molecule has 0 spiro atoms. The van der Waals surface area contributed by atoms with Gasteiger partial charge in [0.25, 0.3) is 0 Å². The molecule has 0 aliphatic heterocycles. The van der Waals surface area contributed by atoms with E-state index in [0.717, 1.165) is 48.0 Å². The molecule has 1 unspecified atom stereocenters. The molecule has 31 heavy (non-hydrogen) atoms. The van der Waals surface area contributed by atoms with Crippen molar-refractivity contribution in [2.75, 3.05) is 7.11 Å². The second kappa shape index (κ2) is 10.7. The Morgan fingerprint density at radius 1 is 0.903 bits per heavy atom. The monoisotopic (exact) mass is 446 g/mol. The maximum absolute atomic E-state index is 14.7. The summed E-state index contributed by atoms with van der Waals surface area (Å²) in [6, 6.07) is 3.61. The molecule has 0 radical (unpaired) electrons. The zero-order valence-electron chi connectivity index (χ0n) is 19.5. The number of halogens is 2. The fraction of sp³-hybridized carbons (Fsp3) is 0.714. The minimum atomic E-state index is -0.333. The van der Waals surface area contributed by atoms with E-state index in [2.05, 4.69) is 13.0 Å². The standard InChI is InChI=1S/C28H40ClFO/c1-3-4-19-5-7-20(8-6-19)21-9-11-22(12-10-21)23-13-15-24(16-14-23)25-17-18-26(31-2)27(29)28(25)30/h15,17-23H,3-14,16H2,1-2H3. The number of methoxy groups -OCH3 is 1. The van der Waals surface area contributed by atoms with Gasteiger partial charge in [-0.3, -0.25) is 0 Å². The molecule has 1 atom stereocenters. The molecule has 3 aliphatic carbocycles. The van der Waals surface area contributed by atoms with Crippen molar-refractivity contribution in [3.8, 4) is 5.75 Å². The van der Waals surface area contributed by atoms with Crippen molar-refractivity contribution in [1.29, 1.82) is 0 Å². The van der Waals surface area contributed by atoms with Crippen molar-refractivity contribution in [3.05, 3.63) is 34.6 Å². The molecule has 172 valence electrons. The van der Waals surface area contributed by atoms with Crippen LogP contribution in [-0.2, 0) is 0 Å². The Bertz CT molecular complexity index is 757. The third-order valence-corrected chi connectivity index (χ3v) is 9.15. The first kappa shape index (κ1) is 23.1. The first-order valence-electron chi connectivity index (χ1n) is 12.8. The van der Waals surface area contributed by atoms with Crippen molar-refractivity contribution in [2.24, 2.45) is 29.6 Å². The van der Waals surface area contributed by atoms with Crippen LogP contribution in [0.25, 0.3) is 5.57 Å². The highest BCUT2D eigenvalue weighted by molar-refractivity contribution is 6.32. The van der Waals surface area contributed by atoms with Gasteiger partial charge in [-0.25, -0.2) is 4.39 Å². The van der Waals surface area contributed by atoms with Crippen molar-refractivity contribution in [2.45, 2.75) is 90.4 Å². The van der Waals surface area contributed by atoms with Gasteiger partial charge in [0.15, 0.2) is 5.82 Å². The summed E-state index contributed by atoms with van der Waals surface area (Å²) in [5, 5.41) is 0.102. The van der Waals surface area contributed by atoms with Crippen LogP contribution in [0.2, 0.25) is 5.02 Å². The van der Waals surface area contributed by atoms with Crippen LogP contribution in [0.1, 0.15) is 96.0 Å². The van der Waals surface area contributed by atoms with Crippen molar-refractivity contribution in [3.63, 3.8) is 0 Å². The molecule has 0 heterocycles. The second-order valence-electron chi connectivity index (χ2n) is 10.5. The molecule has 0 saturated heterocycles. The van der Waals surface area contributed by atoms with E-state index >= 15 is 0 Å². The summed E-state index contributed by atoms with van der Waals surface area (Å²) in [6.07, 6.45) is 20.0. The van der Waals surface area contributed by atoms with E-state index in [-0.39, 0.29) is 10.8 Å². The molecule has 0 bridgehead atoms. The normalized spacial score (nSPS) is 31.9. The van der Waals surface area contributed by atoms with E-state index in [1.165, 1.54) is 77.7 Å². The average molecular weight is 447 g/mol. The van der Waals surface area contributed by atoms with Gasteiger partial charge in [-0.05, 0) is 105 Å². The second-order valence-corrected chi connectivity index (χ2v) is 10.8. The summed E-state index contributed by atoms with van der Waals surface area (Å²) < 4.78 is 19.9. The van der Waals surface area contributed by atoms with Gasteiger partial charge in [-0.2, -0.15) is 0 Å². The third kappa shape index (κ3) is 5.32. The smallest absolute Gasteiger partial charge is 0.153 e. The van der Waals surface area contributed by atoms with Crippen LogP contribution in [0.3, 0.4) is 0 Å². The lowest BCUT2D eigenvalue weighted by atomic mass is 9.65. The number of benzene rings is 1. The number of ether oxygens (including phenoxy) is 1. The fourth-order valence-electron chi connectivity index (χ4n) is 6.91. The molecule has 0 N–H and O–H groups in total. The fourth-order valence-corrected chi connectivity index (χ4v) is 7.15. The van der Waals surface area contributed by atoms with Crippen molar-refractivity contribution in [1.82, 2.24) is 0 Å². The molecular weight excluding hydrogens is 407 g/mol. The van der Waals surface area contributed by atoms with E-state index in [0.29, 0.717) is 11.3 Å². The summed E-state index contributed by atoms with van der Waals surface area (Å²) in [6.45, 7) is 2.33. The summed E-state index contributed by atoms with van der Waals surface area (Å²) >= 11 is 6.14. The maximum Gasteiger partial charge on any atom is 0.153 e. The molecule has 0 amide bonds. The van der Waals surface area contributed by atoms with E-state index in [1.807, 2.05) is 6.07 Å². The van der Waals surface area contributed by atoms with Crippen LogP contribution < -0.4 is 4.74 Å². The molecule has 1 aromatic rings. The zero-order chi connectivity index (χ0) is 21.8. The van der Waals surface area contributed by atoms with Gasteiger partial charge in [0.05, 0.1) is 7.11 Å². The number of rotatable bonds is 6. The molecule has 2 fully saturated rings. The Hall–Kier alpha value is -1.02. The molecule has 1 aromatic carbocycles. The van der Waals surface area contributed by atoms with Crippen LogP contribution in [0.5, 0.6) is 5.75 Å². The van der Waals surface area contributed by atoms with Gasteiger partial charge in [-0.15, -0.1) is 0 Å². The SMILES string of the molecule is CCCC1CCC(C2CCC(C3CC=C(c4ccc(OC)c(Cl)c4F)CC3)CC2)CC1. The van der Waals surface area contributed by atoms with E-state index in [4.69, 9.17) is 16.3 Å². The number of allylic oxidation sites excluding steroid dienone is 2. The van der Waals surface area contributed by atoms with Crippen LogP contribution in [-0.4, -0.2) is 7.11 Å². The number of hydrogen-bond acceptors (Lipinski definition) is 1. The highest BCUT2D eigenvalue weighted by Gasteiger charge is 2.33. The quantitative estimate of drug-likeness (QED) is 0.423. The van der Waals surface area contributed by atoms with Crippen LogP contribution in [0.15, 0.2) is 18.2 Å². The van der Waals surface area contributed by atoms with Crippen LogP contribution in [0, 0.1) is 35.4 Å². The minimum Gasteiger partial charge on any atom is -0.495 e. The largest absolute Gasteiger partial charge is 0.495 e. The van der Waals surface area contributed by atoms with E-state index in [1.54, 1.807) is 6.07 Å². The Morgan fingerprint density at radius 3 is 2.06 bits per heavy atom. The topological polar surface area (TPSA) is 9.23 Å². The van der Waals surface area contributed by atoms with Crippen LogP contribution >= 0.6 is 11.6 Å². The highest BCUT2D eigenvalue weighted by Crippen LogP contribution is 2.46. The predicted molar refractivity (Wildman–Crippen MR) is 129 cm³/mol. The number of hydrogen-bond donors (Lipinski definition) is 0. The molecular formula is C28H40ClFO.